The van der Waals surface area contributed by atoms with Gasteiger partial charge in [-0.15, -0.1) is 11.3 Å². The summed E-state index contributed by atoms with van der Waals surface area (Å²) in [6.45, 7) is 0.655. The SMILES string of the molecule is O=C(CCSCc1nc2sc3c(c2c(=O)[nH]1)CCCC3)NCCc1ccccc1. The molecule has 4 rings (SSSR count). The van der Waals surface area contributed by atoms with E-state index >= 15 is 0 Å². The Kier molecular flexibility index (Phi) is 6.67. The fourth-order valence-corrected chi connectivity index (χ4v) is 5.77. The van der Waals surface area contributed by atoms with Crippen LogP contribution >= 0.6 is 23.1 Å². The highest BCUT2D eigenvalue weighted by molar-refractivity contribution is 7.98. The summed E-state index contributed by atoms with van der Waals surface area (Å²) in [6.07, 6.45) is 5.74. The molecule has 0 unspecified atom stereocenters. The molecule has 1 aromatic carbocycles. The summed E-state index contributed by atoms with van der Waals surface area (Å²) in [4.78, 5) is 34.4. The van der Waals surface area contributed by atoms with Crippen LogP contribution in [0.4, 0.5) is 0 Å². The summed E-state index contributed by atoms with van der Waals surface area (Å²) < 4.78 is 0. The van der Waals surface area contributed by atoms with Crippen molar-refractivity contribution in [1.29, 1.82) is 0 Å². The third-order valence-corrected chi connectivity index (χ3v) is 7.32. The summed E-state index contributed by atoms with van der Waals surface area (Å²) in [6, 6.07) is 10.1. The molecule has 5 nitrogen and oxygen atoms in total. The first-order valence-electron chi connectivity index (χ1n) is 10.1. The van der Waals surface area contributed by atoms with Gasteiger partial charge in [0, 0.05) is 23.6 Å². The number of carbonyl (C=O) groups is 1. The number of thioether (sulfide) groups is 1. The third kappa shape index (κ3) is 5.08. The number of aromatic nitrogens is 2. The van der Waals surface area contributed by atoms with Gasteiger partial charge >= 0.3 is 0 Å². The highest BCUT2D eigenvalue weighted by Gasteiger charge is 2.19. The molecule has 2 heterocycles. The summed E-state index contributed by atoms with van der Waals surface area (Å²) >= 11 is 3.30. The molecule has 0 aliphatic heterocycles. The topological polar surface area (TPSA) is 74.8 Å². The Morgan fingerprint density at radius 1 is 1.21 bits per heavy atom. The van der Waals surface area contributed by atoms with Crippen molar-refractivity contribution in [3.63, 3.8) is 0 Å². The van der Waals surface area contributed by atoms with Crippen LogP contribution in [-0.2, 0) is 29.8 Å². The second-order valence-electron chi connectivity index (χ2n) is 7.29. The Morgan fingerprint density at radius 3 is 2.90 bits per heavy atom. The van der Waals surface area contributed by atoms with Gasteiger partial charge in [-0.1, -0.05) is 30.3 Å². The average molecular weight is 428 g/mol. The van der Waals surface area contributed by atoms with E-state index in [1.165, 1.54) is 22.4 Å². The summed E-state index contributed by atoms with van der Waals surface area (Å²) in [7, 11) is 0. The normalized spacial score (nSPS) is 13.4. The maximum Gasteiger partial charge on any atom is 0.259 e. The largest absolute Gasteiger partial charge is 0.356 e. The Morgan fingerprint density at radius 2 is 2.03 bits per heavy atom. The van der Waals surface area contributed by atoms with E-state index in [1.54, 1.807) is 23.1 Å². The van der Waals surface area contributed by atoms with E-state index in [9.17, 15) is 9.59 Å². The molecule has 0 radical (unpaired) electrons. The van der Waals surface area contributed by atoms with Crippen LogP contribution in [0.25, 0.3) is 10.2 Å². The van der Waals surface area contributed by atoms with Crippen molar-refractivity contribution in [3.8, 4) is 0 Å². The Labute approximate surface area is 178 Å². The fourth-order valence-electron chi connectivity index (χ4n) is 3.69. The smallest absolute Gasteiger partial charge is 0.259 e. The van der Waals surface area contributed by atoms with Crippen molar-refractivity contribution in [1.82, 2.24) is 15.3 Å². The molecule has 0 atom stereocenters. The van der Waals surface area contributed by atoms with Gasteiger partial charge in [-0.3, -0.25) is 9.59 Å². The lowest BCUT2D eigenvalue weighted by molar-refractivity contribution is -0.120. The minimum atomic E-state index is -0.0105. The first-order valence-corrected chi connectivity index (χ1v) is 12.1. The monoisotopic (exact) mass is 427 g/mol. The van der Waals surface area contributed by atoms with Crippen molar-refractivity contribution in [3.05, 3.63) is 62.5 Å². The van der Waals surface area contributed by atoms with Gasteiger partial charge in [-0.2, -0.15) is 11.8 Å². The maximum atomic E-state index is 12.5. The van der Waals surface area contributed by atoms with Gasteiger partial charge in [0.05, 0.1) is 11.1 Å². The number of aryl methyl sites for hydroxylation is 2. The molecule has 2 aromatic heterocycles. The van der Waals surface area contributed by atoms with Crippen LogP contribution in [0, 0.1) is 0 Å². The molecule has 0 spiro atoms. The summed E-state index contributed by atoms with van der Waals surface area (Å²) in [5, 5.41) is 3.77. The lowest BCUT2D eigenvalue weighted by Gasteiger charge is -2.09. The molecule has 2 N–H and O–H groups in total. The van der Waals surface area contributed by atoms with E-state index < -0.39 is 0 Å². The average Bonchev–Trinajstić information content (AvgIpc) is 3.11. The van der Waals surface area contributed by atoms with Crippen molar-refractivity contribution < 1.29 is 4.79 Å². The van der Waals surface area contributed by atoms with Crippen LogP contribution in [0.1, 0.15) is 41.1 Å². The number of carbonyl (C=O) groups excluding carboxylic acids is 1. The van der Waals surface area contributed by atoms with Gasteiger partial charge in [0.1, 0.15) is 10.7 Å². The molecule has 1 aliphatic carbocycles. The minimum absolute atomic E-state index is 0.0105. The zero-order chi connectivity index (χ0) is 20.1. The summed E-state index contributed by atoms with van der Waals surface area (Å²) in [5.74, 6) is 2.09. The number of rotatable bonds is 8. The van der Waals surface area contributed by atoms with Crippen LogP contribution in [0.2, 0.25) is 0 Å². The van der Waals surface area contributed by atoms with E-state index in [1.807, 2.05) is 18.2 Å². The molecule has 0 bridgehead atoms. The molecule has 7 heteroatoms. The van der Waals surface area contributed by atoms with E-state index in [0.29, 0.717) is 30.3 Å². The Bertz CT molecular complexity index is 1040. The number of aromatic amines is 1. The van der Waals surface area contributed by atoms with E-state index in [0.717, 1.165) is 35.9 Å². The highest BCUT2D eigenvalue weighted by atomic mass is 32.2. The molecule has 1 aliphatic rings. The van der Waals surface area contributed by atoms with Gasteiger partial charge in [-0.05, 0) is 43.2 Å². The number of nitrogens with zero attached hydrogens (tertiary/aromatic N) is 1. The van der Waals surface area contributed by atoms with Crippen LogP contribution in [0.5, 0.6) is 0 Å². The molecule has 0 saturated heterocycles. The van der Waals surface area contributed by atoms with Crippen molar-refractivity contribution in [2.75, 3.05) is 12.3 Å². The van der Waals surface area contributed by atoms with E-state index in [-0.39, 0.29) is 11.5 Å². The number of nitrogens with one attached hydrogen (secondary N) is 2. The molecule has 1 amide bonds. The van der Waals surface area contributed by atoms with E-state index in [4.69, 9.17) is 0 Å². The summed E-state index contributed by atoms with van der Waals surface area (Å²) in [5.41, 5.74) is 2.43. The predicted molar refractivity (Wildman–Crippen MR) is 121 cm³/mol. The second-order valence-corrected chi connectivity index (χ2v) is 9.48. The zero-order valence-corrected chi connectivity index (χ0v) is 18.0. The standard InChI is InChI=1S/C22H25N3O2S2/c26-19(23-12-10-15-6-2-1-3-7-15)11-13-28-14-18-24-21(27)20-16-8-4-5-9-17(16)29-22(20)25-18/h1-3,6-7H,4-5,8-14H2,(H,23,26)(H,24,25,27). The molecule has 0 fully saturated rings. The van der Waals surface area contributed by atoms with E-state index in [2.05, 4.69) is 27.4 Å². The van der Waals surface area contributed by atoms with Crippen molar-refractivity contribution >= 4 is 39.2 Å². The van der Waals surface area contributed by atoms with Gasteiger partial charge in [0.25, 0.3) is 5.56 Å². The van der Waals surface area contributed by atoms with Gasteiger partial charge in [0.2, 0.25) is 5.91 Å². The highest BCUT2D eigenvalue weighted by Crippen LogP contribution is 2.33. The van der Waals surface area contributed by atoms with Gasteiger partial charge in [0.15, 0.2) is 0 Å². The number of hydrogen-bond donors (Lipinski definition) is 2. The number of thiophene rings is 1. The lowest BCUT2D eigenvalue weighted by Crippen LogP contribution is -2.25. The Balaban J connectivity index is 1.24. The fraction of sp³-hybridized carbons (Fsp3) is 0.409. The van der Waals surface area contributed by atoms with Gasteiger partial charge < -0.3 is 10.3 Å². The molecule has 0 saturated carbocycles. The predicted octanol–water partition coefficient (Wildman–Crippen LogP) is 3.85. The van der Waals surface area contributed by atoms with Crippen LogP contribution in [0.3, 0.4) is 0 Å². The first kappa shape index (κ1) is 20.2. The van der Waals surface area contributed by atoms with Crippen LogP contribution < -0.4 is 10.9 Å². The lowest BCUT2D eigenvalue weighted by atomic mass is 9.97. The Hall–Kier alpha value is -2.12. The number of hydrogen-bond acceptors (Lipinski definition) is 5. The number of benzene rings is 1. The first-order chi connectivity index (χ1) is 14.2. The number of H-pyrrole nitrogens is 1. The number of fused-ring (bicyclic) bond motifs is 3. The molecule has 152 valence electrons. The van der Waals surface area contributed by atoms with Crippen LogP contribution in [-0.4, -0.2) is 28.2 Å². The van der Waals surface area contributed by atoms with Crippen molar-refractivity contribution in [2.45, 2.75) is 44.3 Å². The molecule has 3 aromatic rings. The minimum Gasteiger partial charge on any atom is -0.356 e. The zero-order valence-electron chi connectivity index (χ0n) is 16.3. The van der Waals surface area contributed by atoms with Crippen molar-refractivity contribution in [2.24, 2.45) is 0 Å². The quantitative estimate of drug-likeness (QED) is 0.536. The van der Waals surface area contributed by atoms with Crippen LogP contribution in [0.15, 0.2) is 35.1 Å². The maximum absolute atomic E-state index is 12.5. The molecular formula is C22H25N3O2S2. The second kappa shape index (κ2) is 9.59. The number of amides is 1. The molecular weight excluding hydrogens is 402 g/mol. The molecule has 29 heavy (non-hydrogen) atoms. The third-order valence-electron chi connectivity index (χ3n) is 5.17. The van der Waals surface area contributed by atoms with Gasteiger partial charge in [-0.25, -0.2) is 4.98 Å².